The van der Waals surface area contributed by atoms with Crippen LogP contribution in [-0.4, -0.2) is 18.7 Å². The zero-order valence-corrected chi connectivity index (χ0v) is 5.60. The van der Waals surface area contributed by atoms with Crippen molar-refractivity contribution in [2.24, 2.45) is 0 Å². The van der Waals surface area contributed by atoms with Crippen molar-refractivity contribution >= 4 is 15.9 Å². The van der Waals surface area contributed by atoms with Crippen molar-refractivity contribution in [1.82, 2.24) is 4.90 Å². The summed E-state index contributed by atoms with van der Waals surface area (Å²) >= 11 is 3.27. The lowest BCUT2D eigenvalue weighted by Gasteiger charge is -2.05. The molecule has 2 nitrogen and oxygen atoms in total. The Bertz CT molecular complexity index is 102. The second kappa shape index (κ2) is 1.74. The van der Waals surface area contributed by atoms with E-state index in [0.717, 1.165) is 4.61 Å². The van der Waals surface area contributed by atoms with Crippen molar-refractivity contribution in [3.8, 4) is 0 Å². The molecule has 7 heavy (non-hydrogen) atoms. The summed E-state index contributed by atoms with van der Waals surface area (Å²) in [6, 6.07) is 0. The summed E-state index contributed by atoms with van der Waals surface area (Å²) in [7, 11) is 1.95. The maximum absolute atomic E-state index is 4.89. The standard InChI is InChI=1S/C4H6BrNO/c1-6-3-7-2-4(6)5/h2H,3H2,1H3. The Labute approximate surface area is 50.9 Å². The molecule has 40 valence electrons. The second-order valence-corrected chi connectivity index (χ2v) is 2.25. The van der Waals surface area contributed by atoms with Gasteiger partial charge in [-0.25, -0.2) is 0 Å². The molecule has 1 rings (SSSR count). The highest BCUT2D eigenvalue weighted by Gasteiger charge is 2.05. The second-order valence-electron chi connectivity index (χ2n) is 1.43. The number of halogens is 1. The van der Waals surface area contributed by atoms with Crippen LogP contribution in [0.3, 0.4) is 0 Å². The average Bonchev–Trinajstić information content (AvgIpc) is 1.91. The number of ether oxygens (including phenoxy) is 1. The fourth-order valence-electron chi connectivity index (χ4n) is 0.369. The molecular formula is C4H6BrNO. The fraction of sp³-hybridized carbons (Fsp3) is 0.500. The molecule has 0 N–H and O–H groups in total. The van der Waals surface area contributed by atoms with E-state index >= 15 is 0 Å². The van der Waals surface area contributed by atoms with Gasteiger partial charge in [0.1, 0.15) is 10.9 Å². The topological polar surface area (TPSA) is 12.5 Å². The molecule has 0 spiro atoms. The van der Waals surface area contributed by atoms with E-state index in [2.05, 4.69) is 15.9 Å². The first-order chi connectivity index (χ1) is 3.30. The van der Waals surface area contributed by atoms with Gasteiger partial charge < -0.3 is 9.64 Å². The summed E-state index contributed by atoms with van der Waals surface area (Å²) in [5, 5.41) is 0. The number of hydrogen-bond donors (Lipinski definition) is 0. The molecule has 1 aliphatic rings. The molecular weight excluding hydrogens is 158 g/mol. The van der Waals surface area contributed by atoms with Crippen molar-refractivity contribution in [1.29, 1.82) is 0 Å². The van der Waals surface area contributed by atoms with Crippen LogP contribution in [-0.2, 0) is 4.74 Å². The summed E-state index contributed by atoms with van der Waals surface area (Å²) in [5.41, 5.74) is 0. The lowest BCUT2D eigenvalue weighted by Crippen LogP contribution is -2.09. The summed E-state index contributed by atoms with van der Waals surface area (Å²) in [6.45, 7) is 0.667. The zero-order valence-electron chi connectivity index (χ0n) is 4.02. The Morgan fingerprint density at radius 2 is 2.71 bits per heavy atom. The fourth-order valence-corrected chi connectivity index (χ4v) is 0.604. The Morgan fingerprint density at radius 1 is 2.00 bits per heavy atom. The molecule has 0 atom stereocenters. The van der Waals surface area contributed by atoms with Crippen LogP contribution in [0.5, 0.6) is 0 Å². The van der Waals surface area contributed by atoms with Crippen LogP contribution in [0.4, 0.5) is 0 Å². The van der Waals surface area contributed by atoms with Gasteiger partial charge >= 0.3 is 0 Å². The van der Waals surface area contributed by atoms with Gasteiger partial charge in [-0.2, -0.15) is 0 Å². The average molecular weight is 164 g/mol. The molecule has 0 aromatic carbocycles. The van der Waals surface area contributed by atoms with Gasteiger partial charge in [0.05, 0.1) is 0 Å². The van der Waals surface area contributed by atoms with Crippen LogP contribution in [0.1, 0.15) is 0 Å². The highest BCUT2D eigenvalue weighted by atomic mass is 79.9. The first-order valence-corrected chi connectivity index (χ1v) is 2.78. The third-order valence-electron chi connectivity index (χ3n) is 0.813. The first kappa shape index (κ1) is 4.97. The van der Waals surface area contributed by atoms with Crippen molar-refractivity contribution in [2.45, 2.75) is 0 Å². The molecule has 0 saturated heterocycles. The molecule has 0 aromatic rings. The summed E-state index contributed by atoms with van der Waals surface area (Å²) in [6.07, 6.45) is 1.68. The van der Waals surface area contributed by atoms with Gasteiger partial charge in [-0.05, 0) is 15.9 Å². The van der Waals surface area contributed by atoms with Gasteiger partial charge in [0.25, 0.3) is 0 Å². The predicted octanol–water partition coefficient (Wildman–Crippen LogP) is 1.10. The van der Waals surface area contributed by atoms with E-state index in [1.54, 1.807) is 6.26 Å². The maximum Gasteiger partial charge on any atom is 0.160 e. The summed E-state index contributed by atoms with van der Waals surface area (Å²) in [4.78, 5) is 1.96. The number of nitrogens with zero attached hydrogens (tertiary/aromatic N) is 1. The van der Waals surface area contributed by atoms with E-state index in [9.17, 15) is 0 Å². The van der Waals surface area contributed by atoms with Crippen molar-refractivity contribution in [3.05, 3.63) is 10.9 Å². The SMILES string of the molecule is CN1COC=C1Br. The van der Waals surface area contributed by atoms with E-state index in [1.807, 2.05) is 11.9 Å². The molecule has 0 amide bonds. The van der Waals surface area contributed by atoms with Gasteiger partial charge in [-0.1, -0.05) is 0 Å². The van der Waals surface area contributed by atoms with Crippen molar-refractivity contribution in [2.75, 3.05) is 13.8 Å². The third kappa shape index (κ3) is 0.881. The van der Waals surface area contributed by atoms with Gasteiger partial charge in [0, 0.05) is 7.05 Å². The molecule has 0 unspecified atom stereocenters. The number of hydrogen-bond acceptors (Lipinski definition) is 2. The molecule has 3 heteroatoms. The minimum Gasteiger partial charge on any atom is -0.478 e. The Morgan fingerprint density at radius 3 is 2.86 bits per heavy atom. The van der Waals surface area contributed by atoms with Gasteiger partial charge in [0.2, 0.25) is 0 Å². The normalized spacial score (nSPS) is 19.1. The Kier molecular flexibility index (Phi) is 1.23. The minimum atomic E-state index is 0.667. The third-order valence-corrected chi connectivity index (χ3v) is 1.61. The molecule has 0 aliphatic carbocycles. The van der Waals surface area contributed by atoms with Crippen LogP contribution >= 0.6 is 15.9 Å². The van der Waals surface area contributed by atoms with E-state index in [1.165, 1.54) is 0 Å². The molecule has 1 aliphatic heterocycles. The summed E-state index contributed by atoms with van der Waals surface area (Å²) in [5.74, 6) is 0. The van der Waals surface area contributed by atoms with Crippen LogP contribution < -0.4 is 0 Å². The molecule has 0 bridgehead atoms. The highest BCUT2D eigenvalue weighted by Crippen LogP contribution is 2.14. The molecule has 0 aromatic heterocycles. The Balaban J connectivity index is 2.54. The maximum atomic E-state index is 4.89. The van der Waals surface area contributed by atoms with Crippen molar-refractivity contribution < 1.29 is 4.74 Å². The Hall–Kier alpha value is -0.180. The van der Waals surface area contributed by atoms with E-state index in [4.69, 9.17) is 4.74 Å². The highest BCUT2D eigenvalue weighted by molar-refractivity contribution is 9.11. The van der Waals surface area contributed by atoms with Crippen LogP contribution in [0.25, 0.3) is 0 Å². The van der Waals surface area contributed by atoms with Crippen molar-refractivity contribution in [3.63, 3.8) is 0 Å². The quantitative estimate of drug-likeness (QED) is 0.497. The van der Waals surface area contributed by atoms with Crippen LogP contribution in [0.2, 0.25) is 0 Å². The van der Waals surface area contributed by atoms with E-state index in [0.29, 0.717) is 6.73 Å². The first-order valence-electron chi connectivity index (χ1n) is 1.99. The molecule has 0 fully saturated rings. The lowest BCUT2D eigenvalue weighted by atomic mass is 10.9. The zero-order chi connectivity index (χ0) is 5.28. The van der Waals surface area contributed by atoms with E-state index < -0.39 is 0 Å². The van der Waals surface area contributed by atoms with E-state index in [-0.39, 0.29) is 0 Å². The predicted molar refractivity (Wildman–Crippen MR) is 30.7 cm³/mol. The largest absolute Gasteiger partial charge is 0.478 e. The lowest BCUT2D eigenvalue weighted by molar-refractivity contribution is 0.190. The van der Waals surface area contributed by atoms with Gasteiger partial charge in [-0.3, -0.25) is 0 Å². The van der Waals surface area contributed by atoms with Crippen LogP contribution in [0, 0.1) is 0 Å². The number of rotatable bonds is 0. The smallest absolute Gasteiger partial charge is 0.160 e. The monoisotopic (exact) mass is 163 g/mol. The minimum absolute atomic E-state index is 0.667. The molecule has 1 heterocycles. The molecule has 0 radical (unpaired) electrons. The van der Waals surface area contributed by atoms with Crippen LogP contribution in [0.15, 0.2) is 10.9 Å². The molecule has 0 saturated carbocycles. The summed E-state index contributed by atoms with van der Waals surface area (Å²) < 4.78 is 5.89. The van der Waals surface area contributed by atoms with Gasteiger partial charge in [-0.15, -0.1) is 0 Å². The van der Waals surface area contributed by atoms with Gasteiger partial charge in [0.15, 0.2) is 6.73 Å².